The van der Waals surface area contributed by atoms with E-state index in [4.69, 9.17) is 0 Å². The highest BCUT2D eigenvalue weighted by atomic mass is 16.3. The fourth-order valence-corrected chi connectivity index (χ4v) is 6.74. The van der Waals surface area contributed by atoms with Crippen molar-refractivity contribution in [1.29, 1.82) is 0 Å². The number of fused-ring (bicyclic) bond motifs is 1. The summed E-state index contributed by atoms with van der Waals surface area (Å²) < 4.78 is 0. The lowest BCUT2D eigenvalue weighted by Crippen LogP contribution is -2.53. The first-order chi connectivity index (χ1) is 11.2. The van der Waals surface area contributed by atoms with Gasteiger partial charge in [-0.05, 0) is 84.5 Å². The molecule has 23 heavy (non-hydrogen) atoms. The van der Waals surface area contributed by atoms with Gasteiger partial charge in [-0.2, -0.15) is 0 Å². The Kier molecular flexibility index (Phi) is 3.94. The van der Waals surface area contributed by atoms with Crippen molar-refractivity contribution >= 4 is 0 Å². The van der Waals surface area contributed by atoms with Crippen molar-refractivity contribution in [2.45, 2.75) is 77.0 Å². The molecule has 3 aliphatic carbocycles. The van der Waals surface area contributed by atoms with Gasteiger partial charge in [-0.15, -0.1) is 0 Å². The smallest absolute Gasteiger partial charge is 0.115 e. The first-order valence-corrected chi connectivity index (χ1v) is 9.98. The average Bonchev–Trinajstić information content (AvgIpc) is 2.56. The van der Waals surface area contributed by atoms with Crippen LogP contribution in [0.1, 0.15) is 76.3 Å². The van der Waals surface area contributed by atoms with E-state index in [9.17, 15) is 5.11 Å². The lowest BCUT2D eigenvalue weighted by atomic mass is 9.45. The summed E-state index contributed by atoms with van der Waals surface area (Å²) in [6, 6.07) is 6.27. The molecule has 1 aromatic rings. The topological polar surface area (TPSA) is 20.2 Å². The maximum absolute atomic E-state index is 10.1. The molecule has 1 N–H and O–H groups in total. The van der Waals surface area contributed by atoms with Gasteiger partial charge in [-0.3, -0.25) is 0 Å². The molecule has 3 aliphatic rings. The second-order valence-electron chi connectivity index (χ2n) is 8.69. The molecule has 0 aromatic heterocycles. The maximum Gasteiger partial charge on any atom is 0.115 e. The molecule has 0 saturated heterocycles. The highest BCUT2D eigenvalue weighted by Crippen LogP contribution is 2.61. The first-order valence-electron chi connectivity index (χ1n) is 9.98. The van der Waals surface area contributed by atoms with Crippen LogP contribution in [0.4, 0.5) is 0 Å². The molecule has 1 nitrogen and oxygen atoms in total. The van der Waals surface area contributed by atoms with E-state index in [-0.39, 0.29) is 0 Å². The number of aromatic hydroxyl groups is 1. The van der Waals surface area contributed by atoms with E-state index in [1.807, 2.05) is 6.07 Å². The quantitative estimate of drug-likeness (QED) is 0.743. The lowest BCUT2D eigenvalue weighted by molar-refractivity contribution is -0.00970. The van der Waals surface area contributed by atoms with Crippen LogP contribution < -0.4 is 0 Å². The largest absolute Gasteiger partial charge is 0.508 e. The predicted octanol–water partition coefficient (Wildman–Crippen LogP) is 5.84. The Balaban J connectivity index is 1.76. The second kappa shape index (κ2) is 5.83. The second-order valence-corrected chi connectivity index (χ2v) is 8.69. The Hall–Kier alpha value is -0.980. The molecule has 1 aromatic carbocycles. The molecule has 2 fully saturated rings. The highest BCUT2D eigenvalue weighted by molar-refractivity contribution is 5.44. The van der Waals surface area contributed by atoms with Crippen LogP contribution >= 0.6 is 0 Å². The van der Waals surface area contributed by atoms with E-state index in [1.54, 1.807) is 5.56 Å². The Morgan fingerprint density at radius 2 is 2.09 bits per heavy atom. The van der Waals surface area contributed by atoms with E-state index < -0.39 is 0 Å². The van der Waals surface area contributed by atoms with Crippen molar-refractivity contribution in [3.8, 4) is 5.75 Å². The average molecular weight is 312 g/mol. The van der Waals surface area contributed by atoms with Gasteiger partial charge in [-0.1, -0.05) is 45.6 Å². The van der Waals surface area contributed by atoms with Crippen molar-refractivity contribution < 1.29 is 5.11 Å². The summed E-state index contributed by atoms with van der Waals surface area (Å²) in [4.78, 5) is 0. The Bertz CT molecular complexity index is 577. The molecule has 0 heterocycles. The number of phenols is 1. The third-order valence-corrected chi connectivity index (χ3v) is 7.65. The standard InChI is InChI=1S/C22H32O/c1-3-6-15(2)18-10-12-22-11-5-4-7-20(22)19(18)13-16-8-9-17(23)14-21(16)22/h8-9,14-15,18-20,23H,3-7,10-13H2,1-2H3/t15-,18?,19+,20?,22-/m1/s1. The fraction of sp³-hybridized carbons (Fsp3) is 0.727. The molecule has 2 bridgehead atoms. The van der Waals surface area contributed by atoms with E-state index in [0.717, 1.165) is 23.7 Å². The van der Waals surface area contributed by atoms with Crippen LogP contribution in [0.2, 0.25) is 0 Å². The number of hydrogen-bond donors (Lipinski definition) is 1. The number of rotatable bonds is 3. The normalized spacial score (nSPS) is 36.9. The number of benzene rings is 1. The van der Waals surface area contributed by atoms with Crippen molar-refractivity contribution in [1.82, 2.24) is 0 Å². The van der Waals surface area contributed by atoms with Gasteiger partial charge >= 0.3 is 0 Å². The van der Waals surface area contributed by atoms with Crippen LogP contribution in [0.15, 0.2) is 18.2 Å². The molecule has 0 aliphatic heterocycles. The number of hydrogen-bond acceptors (Lipinski definition) is 1. The summed E-state index contributed by atoms with van der Waals surface area (Å²) in [7, 11) is 0. The van der Waals surface area contributed by atoms with Crippen molar-refractivity contribution in [2.75, 3.05) is 0 Å². The van der Waals surface area contributed by atoms with Gasteiger partial charge in [-0.25, -0.2) is 0 Å². The summed E-state index contributed by atoms with van der Waals surface area (Å²) in [6.45, 7) is 4.85. The monoisotopic (exact) mass is 312 g/mol. The number of phenolic OH excluding ortho intramolecular Hbond substituents is 1. The van der Waals surface area contributed by atoms with Crippen molar-refractivity contribution in [2.24, 2.45) is 23.7 Å². The zero-order chi connectivity index (χ0) is 16.0. The van der Waals surface area contributed by atoms with Crippen LogP contribution in [0.3, 0.4) is 0 Å². The van der Waals surface area contributed by atoms with Gasteiger partial charge in [0, 0.05) is 0 Å². The Morgan fingerprint density at radius 3 is 2.91 bits per heavy atom. The van der Waals surface area contributed by atoms with E-state index in [1.165, 1.54) is 63.4 Å². The first kappa shape index (κ1) is 15.5. The molecule has 0 radical (unpaired) electrons. The van der Waals surface area contributed by atoms with Gasteiger partial charge in [0.2, 0.25) is 0 Å². The van der Waals surface area contributed by atoms with Crippen LogP contribution in [0.25, 0.3) is 0 Å². The zero-order valence-electron chi connectivity index (χ0n) is 14.9. The summed E-state index contributed by atoms with van der Waals surface area (Å²) in [6.07, 6.45) is 12.4. The van der Waals surface area contributed by atoms with Crippen molar-refractivity contribution in [3.63, 3.8) is 0 Å². The molecule has 5 atom stereocenters. The molecule has 126 valence electrons. The van der Waals surface area contributed by atoms with Gasteiger partial charge in [0.25, 0.3) is 0 Å². The minimum atomic E-state index is 0.400. The molecule has 2 saturated carbocycles. The molecular weight excluding hydrogens is 280 g/mol. The zero-order valence-corrected chi connectivity index (χ0v) is 14.9. The molecule has 0 spiro atoms. The van der Waals surface area contributed by atoms with Gasteiger partial charge < -0.3 is 5.11 Å². The molecular formula is C22H32O. The van der Waals surface area contributed by atoms with Gasteiger partial charge in [0.15, 0.2) is 0 Å². The molecule has 2 unspecified atom stereocenters. The maximum atomic E-state index is 10.1. The molecule has 1 heteroatoms. The minimum absolute atomic E-state index is 0.400. The Labute approximate surface area is 141 Å². The summed E-state index contributed by atoms with van der Waals surface area (Å²) in [5, 5.41) is 10.1. The van der Waals surface area contributed by atoms with E-state index in [0.29, 0.717) is 11.2 Å². The van der Waals surface area contributed by atoms with Crippen LogP contribution in [0.5, 0.6) is 5.75 Å². The van der Waals surface area contributed by atoms with Gasteiger partial charge in [0.1, 0.15) is 5.75 Å². The fourth-order valence-electron chi connectivity index (χ4n) is 6.74. The van der Waals surface area contributed by atoms with E-state index in [2.05, 4.69) is 26.0 Å². The molecule has 4 rings (SSSR count). The van der Waals surface area contributed by atoms with Crippen LogP contribution in [0, 0.1) is 23.7 Å². The van der Waals surface area contributed by atoms with Crippen LogP contribution in [-0.2, 0) is 11.8 Å². The summed E-state index contributed by atoms with van der Waals surface area (Å²) in [5.41, 5.74) is 3.48. The Morgan fingerprint density at radius 1 is 1.22 bits per heavy atom. The van der Waals surface area contributed by atoms with E-state index >= 15 is 0 Å². The summed E-state index contributed by atoms with van der Waals surface area (Å²) in [5.74, 6) is 4.05. The van der Waals surface area contributed by atoms with Crippen molar-refractivity contribution in [3.05, 3.63) is 29.3 Å². The van der Waals surface area contributed by atoms with Gasteiger partial charge in [0.05, 0.1) is 0 Å². The van der Waals surface area contributed by atoms with Crippen LogP contribution in [-0.4, -0.2) is 5.11 Å². The minimum Gasteiger partial charge on any atom is -0.508 e. The SMILES string of the molecule is CCC[C@@H](C)C1CC[C@]23CCCCC2[C@H]1Cc1ccc(O)cc13. The molecule has 0 amide bonds. The predicted molar refractivity (Wildman–Crippen MR) is 95.7 cm³/mol. The third kappa shape index (κ3) is 2.34. The summed E-state index contributed by atoms with van der Waals surface area (Å²) >= 11 is 0. The third-order valence-electron chi connectivity index (χ3n) is 7.65. The lowest BCUT2D eigenvalue weighted by Gasteiger charge is -2.59. The highest BCUT2D eigenvalue weighted by Gasteiger charge is 2.54.